The Bertz CT molecular complexity index is 225. The molecule has 1 unspecified atom stereocenters. The molecule has 0 spiro atoms. The van der Waals surface area contributed by atoms with Crippen LogP contribution in [0.3, 0.4) is 0 Å². The second-order valence-corrected chi connectivity index (χ2v) is 3.06. The maximum absolute atomic E-state index is 11.0. The second kappa shape index (κ2) is 3.97. The number of nitrogens with one attached hydrogen (secondary N) is 2. The predicted octanol–water partition coefficient (Wildman–Crippen LogP) is -0.560. The highest BCUT2D eigenvalue weighted by atomic mass is 16.4. The summed E-state index contributed by atoms with van der Waals surface area (Å²) in [5, 5.41) is 16.4. The summed E-state index contributed by atoms with van der Waals surface area (Å²) in [6.45, 7) is 0. The molecule has 6 nitrogen and oxygen atoms in total. The predicted molar refractivity (Wildman–Crippen MR) is 47.5 cm³/mol. The molecule has 74 valence electrons. The van der Waals surface area contributed by atoms with Crippen LogP contribution in [0.4, 0.5) is 4.79 Å². The molecule has 0 saturated heterocycles. The monoisotopic (exact) mass is 186 g/mol. The van der Waals surface area contributed by atoms with Crippen LogP contribution in [0.2, 0.25) is 0 Å². The molecule has 1 fully saturated rings. The molecule has 1 aliphatic carbocycles. The van der Waals surface area contributed by atoms with Gasteiger partial charge in [-0.1, -0.05) is 5.16 Å². The summed E-state index contributed by atoms with van der Waals surface area (Å²) in [7, 11) is 1.52. The molecule has 0 heterocycles. The zero-order valence-electron chi connectivity index (χ0n) is 7.45. The van der Waals surface area contributed by atoms with E-state index in [1.54, 1.807) is 0 Å². The fourth-order valence-corrected chi connectivity index (χ4v) is 1.14. The molecule has 0 radical (unpaired) electrons. The second-order valence-electron chi connectivity index (χ2n) is 3.06. The Labute approximate surface area is 76.2 Å². The molecule has 0 aromatic heterocycles. The minimum Gasteiger partial charge on any atom is -0.409 e. The van der Waals surface area contributed by atoms with Crippen LogP contribution < -0.4 is 16.4 Å². The zero-order valence-corrected chi connectivity index (χ0v) is 7.45. The first-order valence-corrected chi connectivity index (χ1v) is 4.14. The lowest BCUT2D eigenvalue weighted by Gasteiger charge is -2.15. The molecule has 1 aliphatic rings. The summed E-state index contributed by atoms with van der Waals surface area (Å²) in [6.07, 6.45) is 2.01. The van der Waals surface area contributed by atoms with Gasteiger partial charge in [-0.2, -0.15) is 0 Å². The van der Waals surface area contributed by atoms with E-state index in [9.17, 15) is 4.79 Å². The van der Waals surface area contributed by atoms with E-state index in [0.717, 1.165) is 12.8 Å². The van der Waals surface area contributed by atoms with Crippen LogP contribution in [0.25, 0.3) is 0 Å². The summed E-state index contributed by atoms with van der Waals surface area (Å²) in [5.74, 6) is 0.374. The van der Waals surface area contributed by atoms with Gasteiger partial charge in [-0.3, -0.25) is 0 Å². The Morgan fingerprint density at radius 3 is 2.69 bits per heavy atom. The number of hydrogen-bond acceptors (Lipinski definition) is 3. The number of oxime groups is 1. The molecule has 0 bridgehead atoms. The molecule has 1 saturated carbocycles. The van der Waals surface area contributed by atoms with Gasteiger partial charge in [0, 0.05) is 7.05 Å². The van der Waals surface area contributed by atoms with Crippen LogP contribution in [0, 0.1) is 5.92 Å². The van der Waals surface area contributed by atoms with Gasteiger partial charge < -0.3 is 21.6 Å². The molecule has 0 aromatic carbocycles. The topological polar surface area (TPSA) is 99.7 Å². The molecule has 13 heavy (non-hydrogen) atoms. The van der Waals surface area contributed by atoms with E-state index in [1.807, 2.05) is 0 Å². The minimum atomic E-state index is -0.343. The lowest BCUT2D eigenvalue weighted by atomic mass is 10.2. The van der Waals surface area contributed by atoms with Crippen molar-refractivity contribution in [3.05, 3.63) is 0 Å². The Morgan fingerprint density at radius 2 is 2.31 bits per heavy atom. The minimum absolute atomic E-state index is 0.0612. The smallest absolute Gasteiger partial charge is 0.315 e. The molecular weight excluding hydrogens is 172 g/mol. The molecule has 0 aromatic rings. The first-order chi connectivity index (χ1) is 6.19. The van der Waals surface area contributed by atoms with E-state index in [4.69, 9.17) is 10.9 Å². The molecule has 5 N–H and O–H groups in total. The average molecular weight is 186 g/mol. The molecule has 2 amide bonds. The van der Waals surface area contributed by atoms with Crippen molar-refractivity contribution in [3.8, 4) is 0 Å². The van der Waals surface area contributed by atoms with E-state index in [1.165, 1.54) is 7.05 Å². The van der Waals surface area contributed by atoms with Crippen LogP contribution in [-0.4, -0.2) is 30.2 Å². The third kappa shape index (κ3) is 2.50. The van der Waals surface area contributed by atoms with Gasteiger partial charge in [0.15, 0.2) is 5.84 Å². The van der Waals surface area contributed by atoms with Crippen molar-refractivity contribution in [2.45, 2.75) is 18.9 Å². The van der Waals surface area contributed by atoms with Gasteiger partial charge in [0.2, 0.25) is 0 Å². The number of amides is 2. The van der Waals surface area contributed by atoms with Crippen molar-refractivity contribution in [2.24, 2.45) is 16.8 Å². The van der Waals surface area contributed by atoms with E-state index < -0.39 is 0 Å². The number of nitrogens with zero attached hydrogens (tertiary/aromatic N) is 1. The number of urea groups is 1. The number of hydrogen-bond donors (Lipinski definition) is 4. The van der Waals surface area contributed by atoms with Gasteiger partial charge in [0.05, 0.1) is 6.04 Å². The van der Waals surface area contributed by atoms with Crippen molar-refractivity contribution in [2.75, 3.05) is 7.05 Å². The quantitative estimate of drug-likeness (QED) is 0.206. The van der Waals surface area contributed by atoms with Gasteiger partial charge in [-0.05, 0) is 18.8 Å². The molecule has 0 aliphatic heterocycles. The Balaban J connectivity index is 2.52. The zero-order chi connectivity index (χ0) is 9.84. The van der Waals surface area contributed by atoms with Crippen LogP contribution in [0.1, 0.15) is 12.8 Å². The lowest BCUT2D eigenvalue weighted by Crippen LogP contribution is -2.49. The van der Waals surface area contributed by atoms with E-state index in [2.05, 4.69) is 15.8 Å². The maximum atomic E-state index is 11.0. The number of nitrogens with two attached hydrogens (primary N) is 1. The summed E-state index contributed by atoms with van der Waals surface area (Å²) in [6, 6.07) is -0.659. The van der Waals surface area contributed by atoms with E-state index >= 15 is 0 Å². The maximum Gasteiger partial charge on any atom is 0.315 e. The van der Waals surface area contributed by atoms with Crippen LogP contribution in [-0.2, 0) is 0 Å². The Kier molecular flexibility index (Phi) is 2.94. The van der Waals surface area contributed by atoms with Gasteiger partial charge in [-0.25, -0.2) is 4.79 Å². The molecule has 1 atom stereocenters. The fraction of sp³-hybridized carbons (Fsp3) is 0.714. The number of rotatable bonds is 3. The standard InChI is InChI=1S/C7H14N4O2/c1-9-7(12)10-5(4-2-3-4)6(8)11-13/h4-5,13H,2-3H2,1H3,(H2,8,11)(H2,9,10,12). The molecule has 6 heteroatoms. The van der Waals surface area contributed by atoms with Gasteiger partial charge in [0.1, 0.15) is 0 Å². The Hall–Kier alpha value is -1.46. The lowest BCUT2D eigenvalue weighted by molar-refractivity contribution is 0.240. The van der Waals surface area contributed by atoms with Crippen molar-refractivity contribution in [3.63, 3.8) is 0 Å². The Morgan fingerprint density at radius 1 is 1.69 bits per heavy atom. The summed E-state index contributed by atoms with van der Waals surface area (Å²) in [5.41, 5.74) is 5.42. The van der Waals surface area contributed by atoms with Gasteiger partial charge in [0.25, 0.3) is 0 Å². The number of amidine groups is 1. The average Bonchev–Trinajstić information content (AvgIpc) is 2.95. The van der Waals surface area contributed by atoms with Crippen LogP contribution >= 0.6 is 0 Å². The highest BCUT2D eigenvalue weighted by Crippen LogP contribution is 2.32. The molecular formula is C7H14N4O2. The van der Waals surface area contributed by atoms with Crippen molar-refractivity contribution in [1.82, 2.24) is 10.6 Å². The largest absolute Gasteiger partial charge is 0.409 e. The van der Waals surface area contributed by atoms with Crippen molar-refractivity contribution < 1.29 is 10.0 Å². The number of carbonyl (C=O) groups is 1. The van der Waals surface area contributed by atoms with Gasteiger partial charge in [-0.15, -0.1) is 0 Å². The van der Waals surface area contributed by atoms with Crippen LogP contribution in [0.5, 0.6) is 0 Å². The summed E-state index contributed by atoms with van der Waals surface area (Å²) >= 11 is 0. The normalized spacial score (nSPS) is 19.3. The molecule has 1 rings (SSSR count). The van der Waals surface area contributed by atoms with E-state index in [-0.39, 0.29) is 17.9 Å². The summed E-state index contributed by atoms with van der Waals surface area (Å²) < 4.78 is 0. The first kappa shape index (κ1) is 9.63. The first-order valence-electron chi connectivity index (χ1n) is 4.14. The third-order valence-electron chi connectivity index (χ3n) is 2.04. The fourth-order valence-electron chi connectivity index (χ4n) is 1.14. The van der Waals surface area contributed by atoms with E-state index in [0.29, 0.717) is 5.92 Å². The van der Waals surface area contributed by atoms with Crippen molar-refractivity contribution >= 4 is 11.9 Å². The van der Waals surface area contributed by atoms with Gasteiger partial charge >= 0.3 is 6.03 Å². The van der Waals surface area contributed by atoms with Crippen LogP contribution in [0.15, 0.2) is 5.16 Å². The third-order valence-corrected chi connectivity index (χ3v) is 2.04. The number of carbonyl (C=O) groups excluding carboxylic acids is 1. The summed E-state index contributed by atoms with van der Waals surface area (Å²) in [4.78, 5) is 11.0. The van der Waals surface area contributed by atoms with Crippen molar-refractivity contribution in [1.29, 1.82) is 0 Å². The highest BCUT2D eigenvalue weighted by Gasteiger charge is 2.35. The highest BCUT2D eigenvalue weighted by molar-refractivity contribution is 5.90. The SMILES string of the molecule is CNC(=O)NC(C(N)=NO)C1CC1.